The lowest BCUT2D eigenvalue weighted by atomic mass is 9.82. The summed E-state index contributed by atoms with van der Waals surface area (Å²) in [5, 5.41) is 0. The van der Waals surface area contributed by atoms with E-state index in [4.69, 9.17) is 18.0 Å². The van der Waals surface area contributed by atoms with Crippen LogP contribution in [0.15, 0.2) is 0 Å². The van der Waals surface area contributed by atoms with Gasteiger partial charge in [0.2, 0.25) is 10.7 Å². The van der Waals surface area contributed by atoms with Crippen LogP contribution >= 0.6 is 12.2 Å². The van der Waals surface area contributed by atoms with E-state index >= 15 is 0 Å². The van der Waals surface area contributed by atoms with Gasteiger partial charge in [-0.05, 0) is 31.0 Å². The third-order valence-electron chi connectivity index (χ3n) is 3.09. The highest BCUT2D eigenvalue weighted by atomic mass is 32.1. The number of rotatable bonds is 1. The Hall–Kier alpha value is -0.970. The SMILES string of the molecule is CC1CCC(c2nc(=S)nc(N)[nH]2)CC1. The molecule has 0 saturated heterocycles. The van der Waals surface area contributed by atoms with Crippen molar-refractivity contribution in [1.29, 1.82) is 0 Å². The zero-order valence-electron chi connectivity index (χ0n) is 8.86. The molecule has 3 N–H and O–H groups in total. The minimum atomic E-state index is 0.347. The number of nitrogens with one attached hydrogen (secondary N) is 1. The van der Waals surface area contributed by atoms with Crippen molar-refractivity contribution in [3.05, 3.63) is 10.6 Å². The summed E-state index contributed by atoms with van der Waals surface area (Å²) in [5.41, 5.74) is 5.62. The fourth-order valence-electron chi connectivity index (χ4n) is 2.15. The number of aromatic amines is 1. The van der Waals surface area contributed by atoms with Crippen LogP contribution in [0.5, 0.6) is 0 Å². The normalized spacial score (nSPS) is 26.5. The van der Waals surface area contributed by atoms with Gasteiger partial charge in [0, 0.05) is 5.92 Å². The molecule has 2 rings (SSSR count). The Morgan fingerprint density at radius 3 is 2.53 bits per heavy atom. The quantitative estimate of drug-likeness (QED) is 0.719. The first-order valence-electron chi connectivity index (χ1n) is 5.39. The second kappa shape index (κ2) is 4.26. The number of nitrogens with two attached hydrogens (primary N) is 1. The largest absolute Gasteiger partial charge is 0.369 e. The van der Waals surface area contributed by atoms with E-state index < -0.39 is 0 Å². The van der Waals surface area contributed by atoms with Gasteiger partial charge in [0.05, 0.1) is 0 Å². The van der Waals surface area contributed by atoms with Gasteiger partial charge in [-0.3, -0.25) is 0 Å². The third kappa shape index (κ3) is 2.53. The Morgan fingerprint density at radius 1 is 1.27 bits per heavy atom. The van der Waals surface area contributed by atoms with Gasteiger partial charge in [0.25, 0.3) is 0 Å². The van der Waals surface area contributed by atoms with Crippen LogP contribution in [0.2, 0.25) is 0 Å². The predicted octanol–water partition coefficient (Wildman–Crippen LogP) is 2.41. The number of anilines is 1. The fourth-order valence-corrected chi connectivity index (χ4v) is 2.34. The molecule has 1 saturated carbocycles. The minimum Gasteiger partial charge on any atom is -0.369 e. The third-order valence-corrected chi connectivity index (χ3v) is 3.27. The Kier molecular flexibility index (Phi) is 3.00. The molecular weight excluding hydrogens is 208 g/mol. The summed E-state index contributed by atoms with van der Waals surface area (Å²) in [4.78, 5) is 11.1. The zero-order valence-corrected chi connectivity index (χ0v) is 9.68. The highest BCUT2D eigenvalue weighted by molar-refractivity contribution is 7.71. The summed E-state index contributed by atoms with van der Waals surface area (Å²) in [6, 6.07) is 0. The maximum Gasteiger partial charge on any atom is 0.224 e. The number of nitrogens with zero attached hydrogens (tertiary/aromatic N) is 2. The molecule has 4 nitrogen and oxygen atoms in total. The van der Waals surface area contributed by atoms with E-state index in [1.54, 1.807) is 0 Å². The van der Waals surface area contributed by atoms with Gasteiger partial charge >= 0.3 is 0 Å². The molecule has 82 valence electrons. The van der Waals surface area contributed by atoms with Gasteiger partial charge in [-0.25, -0.2) is 4.98 Å². The second-order valence-electron chi connectivity index (χ2n) is 4.36. The molecule has 1 aliphatic rings. The van der Waals surface area contributed by atoms with E-state index in [1.807, 2.05) is 0 Å². The maximum atomic E-state index is 5.62. The van der Waals surface area contributed by atoms with Gasteiger partial charge < -0.3 is 10.7 Å². The molecule has 0 amide bonds. The van der Waals surface area contributed by atoms with Crippen molar-refractivity contribution in [2.45, 2.75) is 38.5 Å². The van der Waals surface area contributed by atoms with E-state index in [1.165, 1.54) is 25.7 Å². The van der Waals surface area contributed by atoms with Crippen LogP contribution in [0.1, 0.15) is 44.3 Å². The van der Waals surface area contributed by atoms with Crippen LogP contribution in [0, 0.1) is 10.7 Å². The van der Waals surface area contributed by atoms with E-state index in [0.29, 0.717) is 16.6 Å². The highest BCUT2D eigenvalue weighted by Gasteiger charge is 2.21. The van der Waals surface area contributed by atoms with Gasteiger partial charge in [-0.1, -0.05) is 19.8 Å². The molecule has 0 spiro atoms. The summed E-state index contributed by atoms with van der Waals surface area (Å²) in [5.74, 6) is 2.61. The average molecular weight is 224 g/mol. The molecule has 0 aromatic carbocycles. The molecule has 5 heteroatoms. The van der Waals surface area contributed by atoms with Crippen LogP contribution in [-0.4, -0.2) is 15.0 Å². The van der Waals surface area contributed by atoms with Gasteiger partial charge in [-0.2, -0.15) is 4.98 Å². The van der Waals surface area contributed by atoms with Gasteiger partial charge in [0.15, 0.2) is 0 Å². The minimum absolute atomic E-state index is 0.347. The summed E-state index contributed by atoms with van der Waals surface area (Å²) in [6.45, 7) is 2.30. The van der Waals surface area contributed by atoms with Crippen molar-refractivity contribution in [3.63, 3.8) is 0 Å². The van der Waals surface area contributed by atoms with Crippen LogP contribution in [0.25, 0.3) is 0 Å². The predicted molar refractivity (Wildman–Crippen MR) is 62.0 cm³/mol. The van der Waals surface area contributed by atoms with Crippen LogP contribution in [0.3, 0.4) is 0 Å². The van der Waals surface area contributed by atoms with E-state index in [9.17, 15) is 0 Å². The van der Waals surface area contributed by atoms with Crippen molar-refractivity contribution < 1.29 is 0 Å². The molecule has 1 aromatic rings. The number of nitrogen functional groups attached to an aromatic ring is 1. The second-order valence-corrected chi connectivity index (χ2v) is 4.72. The highest BCUT2D eigenvalue weighted by Crippen LogP contribution is 2.33. The van der Waals surface area contributed by atoms with E-state index in [-0.39, 0.29) is 0 Å². The first-order chi connectivity index (χ1) is 7.15. The maximum absolute atomic E-state index is 5.62. The lowest BCUT2D eigenvalue weighted by molar-refractivity contribution is 0.339. The average Bonchev–Trinajstić information content (AvgIpc) is 2.17. The molecule has 0 aliphatic heterocycles. The Bertz CT molecular complexity index is 393. The van der Waals surface area contributed by atoms with Crippen molar-refractivity contribution in [2.24, 2.45) is 5.92 Å². The molecule has 15 heavy (non-hydrogen) atoms. The van der Waals surface area contributed by atoms with Crippen molar-refractivity contribution in [3.8, 4) is 0 Å². The summed E-state index contributed by atoms with van der Waals surface area (Å²) < 4.78 is 0.347. The summed E-state index contributed by atoms with van der Waals surface area (Å²) >= 11 is 4.96. The number of hydrogen-bond acceptors (Lipinski definition) is 4. The van der Waals surface area contributed by atoms with Crippen LogP contribution in [0.4, 0.5) is 5.95 Å². The first-order valence-corrected chi connectivity index (χ1v) is 5.79. The first kappa shape index (κ1) is 10.5. The smallest absolute Gasteiger partial charge is 0.224 e. The Morgan fingerprint density at radius 2 is 1.93 bits per heavy atom. The Balaban J connectivity index is 2.19. The number of aromatic nitrogens is 3. The van der Waals surface area contributed by atoms with Crippen molar-refractivity contribution in [1.82, 2.24) is 15.0 Å². The molecule has 1 aliphatic carbocycles. The molecule has 1 fully saturated rings. The molecular formula is C10H16N4S. The monoisotopic (exact) mass is 224 g/mol. The fraction of sp³-hybridized carbons (Fsp3) is 0.700. The number of hydrogen-bond donors (Lipinski definition) is 2. The van der Waals surface area contributed by atoms with Crippen LogP contribution in [-0.2, 0) is 0 Å². The van der Waals surface area contributed by atoms with Gasteiger partial charge in [0.1, 0.15) is 5.82 Å². The van der Waals surface area contributed by atoms with E-state index in [0.717, 1.165) is 11.7 Å². The molecule has 0 bridgehead atoms. The molecule has 0 radical (unpaired) electrons. The number of H-pyrrole nitrogens is 1. The molecule has 0 atom stereocenters. The summed E-state index contributed by atoms with van der Waals surface area (Å²) in [6.07, 6.45) is 4.86. The zero-order chi connectivity index (χ0) is 10.8. The topological polar surface area (TPSA) is 67.6 Å². The summed E-state index contributed by atoms with van der Waals surface area (Å²) in [7, 11) is 0. The lowest BCUT2D eigenvalue weighted by Gasteiger charge is -2.25. The van der Waals surface area contributed by atoms with E-state index in [2.05, 4.69) is 21.9 Å². The van der Waals surface area contributed by atoms with Gasteiger partial charge in [-0.15, -0.1) is 0 Å². The molecule has 1 heterocycles. The molecule has 1 aromatic heterocycles. The Labute approximate surface area is 94.3 Å². The van der Waals surface area contributed by atoms with Crippen LogP contribution < -0.4 is 5.73 Å². The van der Waals surface area contributed by atoms with Crippen molar-refractivity contribution in [2.75, 3.05) is 5.73 Å². The lowest BCUT2D eigenvalue weighted by Crippen LogP contribution is -2.14. The standard InChI is InChI=1S/C10H16N4S/c1-6-2-4-7(5-3-6)8-12-9(11)14-10(15)13-8/h6-7H,2-5H2,1H3,(H3,11,12,13,14,15). The van der Waals surface area contributed by atoms with Crippen molar-refractivity contribution >= 4 is 18.2 Å². The molecule has 0 unspecified atom stereocenters.